The van der Waals surface area contributed by atoms with Gasteiger partial charge in [-0.15, -0.1) is 0 Å². The number of benzene rings is 1. The maximum absolute atomic E-state index is 12.9. The number of aromatic nitrogens is 1. The van der Waals surface area contributed by atoms with E-state index in [2.05, 4.69) is 15.0 Å². The number of fused-ring (bicyclic) bond motifs is 1. The number of hydrogen-bond acceptors (Lipinski definition) is 5. The number of amides is 1. The molecule has 7 nitrogen and oxygen atoms in total. The van der Waals surface area contributed by atoms with E-state index >= 15 is 0 Å². The molecule has 0 spiro atoms. The number of rotatable bonds is 5. The molecular formula is C18H23N3O4S. The smallest absolute Gasteiger partial charge is 0.245 e. The lowest BCUT2D eigenvalue weighted by Gasteiger charge is -2.35. The number of sulfonamides is 1. The van der Waals surface area contributed by atoms with Crippen molar-refractivity contribution in [2.45, 2.75) is 56.4 Å². The van der Waals surface area contributed by atoms with Crippen LogP contribution in [0.2, 0.25) is 0 Å². The molecule has 1 aromatic carbocycles. The highest BCUT2D eigenvalue weighted by Gasteiger charge is 2.41. The van der Waals surface area contributed by atoms with Gasteiger partial charge in [-0.05, 0) is 43.9 Å². The molecule has 0 unspecified atom stereocenters. The summed E-state index contributed by atoms with van der Waals surface area (Å²) in [6.07, 6.45) is 6.97. The number of carbonyl (C=O) groups excluding carboxylic acids is 1. The summed E-state index contributed by atoms with van der Waals surface area (Å²) in [5, 5.41) is 2.87. The molecule has 1 aromatic heterocycles. The van der Waals surface area contributed by atoms with Crippen LogP contribution in [0.25, 0.3) is 11.1 Å². The number of oxazole rings is 1. The lowest BCUT2D eigenvalue weighted by Crippen LogP contribution is -2.57. The molecule has 1 amide bonds. The van der Waals surface area contributed by atoms with Crippen molar-refractivity contribution in [1.82, 2.24) is 9.71 Å². The van der Waals surface area contributed by atoms with Crippen LogP contribution in [-0.2, 0) is 14.8 Å². The molecule has 2 fully saturated rings. The van der Waals surface area contributed by atoms with Gasteiger partial charge in [-0.2, -0.15) is 4.72 Å². The maximum Gasteiger partial charge on any atom is 0.245 e. The van der Waals surface area contributed by atoms with Gasteiger partial charge in [-0.3, -0.25) is 4.79 Å². The fourth-order valence-electron chi connectivity index (χ4n) is 3.66. The largest absolute Gasteiger partial charge is 0.440 e. The Hall–Kier alpha value is -1.93. The molecule has 0 saturated heterocycles. The summed E-state index contributed by atoms with van der Waals surface area (Å²) in [6.45, 7) is 0. The van der Waals surface area contributed by atoms with Crippen molar-refractivity contribution < 1.29 is 17.6 Å². The lowest BCUT2D eigenvalue weighted by atomic mass is 9.82. The molecule has 4 rings (SSSR count). The normalized spacial score (nSPS) is 20.2. The Balaban J connectivity index is 1.57. The monoisotopic (exact) mass is 377 g/mol. The van der Waals surface area contributed by atoms with Crippen molar-refractivity contribution in [3.63, 3.8) is 0 Å². The van der Waals surface area contributed by atoms with Crippen molar-refractivity contribution in [2.75, 3.05) is 11.6 Å². The minimum absolute atomic E-state index is 0.312. The van der Waals surface area contributed by atoms with Crippen LogP contribution in [-0.4, -0.2) is 31.1 Å². The van der Waals surface area contributed by atoms with E-state index in [1.54, 1.807) is 18.2 Å². The standard InChI is InChI=1S/C18H23N3O4S/c1-26(23,24)21-18(9-3-2-4-10-18)17(22)19-13-7-8-15-14(11-13)20-16(25-15)12-5-6-12/h7-8,11-12,21H,2-6,9-10H2,1H3,(H,19,22). The van der Waals surface area contributed by atoms with Crippen molar-refractivity contribution >= 4 is 32.7 Å². The van der Waals surface area contributed by atoms with Gasteiger partial charge >= 0.3 is 0 Å². The molecular weight excluding hydrogens is 354 g/mol. The van der Waals surface area contributed by atoms with Crippen LogP contribution >= 0.6 is 0 Å². The van der Waals surface area contributed by atoms with E-state index in [0.29, 0.717) is 35.5 Å². The fourth-order valence-corrected chi connectivity index (χ4v) is 4.67. The molecule has 2 aromatic rings. The second-order valence-corrected chi connectivity index (χ2v) is 9.23. The molecule has 2 saturated carbocycles. The SMILES string of the molecule is CS(=O)(=O)NC1(C(=O)Nc2ccc3oc(C4CC4)nc3c2)CCCCC1. The molecule has 8 heteroatoms. The van der Waals surface area contributed by atoms with E-state index in [1.807, 2.05) is 0 Å². The van der Waals surface area contributed by atoms with Gasteiger partial charge in [0.2, 0.25) is 15.9 Å². The maximum atomic E-state index is 12.9. The third kappa shape index (κ3) is 3.61. The van der Waals surface area contributed by atoms with Gasteiger partial charge in [-0.25, -0.2) is 13.4 Å². The summed E-state index contributed by atoms with van der Waals surface area (Å²) in [5.41, 5.74) is 0.924. The molecule has 26 heavy (non-hydrogen) atoms. The highest BCUT2D eigenvalue weighted by atomic mass is 32.2. The second-order valence-electron chi connectivity index (χ2n) is 7.48. The molecule has 0 atom stereocenters. The number of nitrogens with zero attached hydrogens (tertiary/aromatic N) is 1. The summed E-state index contributed by atoms with van der Waals surface area (Å²) in [7, 11) is -3.49. The first-order valence-corrected chi connectivity index (χ1v) is 10.9. The summed E-state index contributed by atoms with van der Waals surface area (Å²) in [4.78, 5) is 17.4. The molecule has 1 heterocycles. The predicted octanol–water partition coefficient (Wildman–Crippen LogP) is 2.90. The lowest BCUT2D eigenvalue weighted by molar-refractivity contribution is -0.122. The first-order valence-electron chi connectivity index (χ1n) is 9.06. The van der Waals surface area contributed by atoms with Crippen molar-refractivity contribution in [1.29, 1.82) is 0 Å². The topological polar surface area (TPSA) is 101 Å². The van der Waals surface area contributed by atoms with Gasteiger partial charge in [-0.1, -0.05) is 19.3 Å². The average Bonchev–Trinajstić information content (AvgIpc) is 3.34. The van der Waals surface area contributed by atoms with Gasteiger partial charge in [0.15, 0.2) is 11.5 Å². The zero-order valence-corrected chi connectivity index (χ0v) is 15.6. The third-order valence-electron chi connectivity index (χ3n) is 5.11. The first-order chi connectivity index (χ1) is 12.3. The average molecular weight is 377 g/mol. The van der Waals surface area contributed by atoms with Crippen LogP contribution in [0.1, 0.15) is 56.8 Å². The fraction of sp³-hybridized carbons (Fsp3) is 0.556. The molecule has 2 aliphatic rings. The van der Waals surface area contributed by atoms with E-state index in [1.165, 1.54) is 0 Å². The zero-order valence-electron chi connectivity index (χ0n) is 14.7. The number of carbonyl (C=O) groups is 1. The van der Waals surface area contributed by atoms with Gasteiger partial charge in [0, 0.05) is 11.6 Å². The van der Waals surface area contributed by atoms with Crippen LogP contribution in [0.5, 0.6) is 0 Å². The van der Waals surface area contributed by atoms with E-state index in [0.717, 1.165) is 44.3 Å². The Morgan fingerprint density at radius 3 is 2.62 bits per heavy atom. The van der Waals surface area contributed by atoms with Crippen LogP contribution in [0, 0.1) is 0 Å². The Bertz CT molecular complexity index is 940. The molecule has 2 N–H and O–H groups in total. The molecule has 0 aliphatic heterocycles. The van der Waals surface area contributed by atoms with Crippen LogP contribution in [0.4, 0.5) is 5.69 Å². The minimum Gasteiger partial charge on any atom is -0.440 e. The van der Waals surface area contributed by atoms with E-state index in [9.17, 15) is 13.2 Å². The van der Waals surface area contributed by atoms with Gasteiger partial charge in [0.1, 0.15) is 11.1 Å². The Kier molecular flexibility index (Phi) is 4.27. The summed E-state index contributed by atoms with van der Waals surface area (Å²) >= 11 is 0. The van der Waals surface area contributed by atoms with E-state index < -0.39 is 15.6 Å². The number of anilines is 1. The molecule has 0 bridgehead atoms. The van der Waals surface area contributed by atoms with Gasteiger partial charge in [0.05, 0.1) is 6.26 Å². The van der Waals surface area contributed by atoms with Crippen LogP contribution in [0.3, 0.4) is 0 Å². The summed E-state index contributed by atoms with van der Waals surface area (Å²) < 4.78 is 31.9. The van der Waals surface area contributed by atoms with Crippen LogP contribution in [0.15, 0.2) is 22.6 Å². The van der Waals surface area contributed by atoms with Crippen molar-refractivity contribution in [2.24, 2.45) is 0 Å². The van der Waals surface area contributed by atoms with E-state index in [4.69, 9.17) is 4.42 Å². The molecule has 2 aliphatic carbocycles. The quantitative estimate of drug-likeness (QED) is 0.834. The van der Waals surface area contributed by atoms with Crippen LogP contribution < -0.4 is 10.0 Å². The Morgan fingerprint density at radius 2 is 1.96 bits per heavy atom. The predicted molar refractivity (Wildman–Crippen MR) is 98.4 cm³/mol. The van der Waals surface area contributed by atoms with Gasteiger partial charge in [0.25, 0.3) is 0 Å². The highest BCUT2D eigenvalue weighted by molar-refractivity contribution is 7.88. The zero-order chi connectivity index (χ0) is 18.4. The van der Waals surface area contributed by atoms with E-state index in [-0.39, 0.29) is 5.91 Å². The number of hydrogen-bond donors (Lipinski definition) is 2. The molecule has 140 valence electrons. The third-order valence-corrected chi connectivity index (χ3v) is 5.87. The second kappa shape index (κ2) is 6.35. The first kappa shape index (κ1) is 17.5. The van der Waals surface area contributed by atoms with Crippen molar-refractivity contribution in [3.05, 3.63) is 24.1 Å². The van der Waals surface area contributed by atoms with Gasteiger partial charge < -0.3 is 9.73 Å². The molecule has 0 radical (unpaired) electrons. The highest BCUT2D eigenvalue weighted by Crippen LogP contribution is 2.40. The van der Waals surface area contributed by atoms with Crippen molar-refractivity contribution in [3.8, 4) is 0 Å². The summed E-state index contributed by atoms with van der Waals surface area (Å²) in [6, 6.07) is 5.33. The Labute approximate surface area is 152 Å². The minimum atomic E-state index is -3.49. The summed E-state index contributed by atoms with van der Waals surface area (Å²) in [5.74, 6) is 0.865. The number of nitrogens with one attached hydrogen (secondary N) is 2. The Morgan fingerprint density at radius 1 is 1.23 bits per heavy atom.